The molecule has 0 fully saturated rings. The number of aromatic nitrogens is 2. The van der Waals surface area contributed by atoms with Crippen molar-refractivity contribution < 1.29 is 0 Å². The predicted octanol–water partition coefficient (Wildman–Crippen LogP) is 2.71. The van der Waals surface area contributed by atoms with Crippen molar-refractivity contribution in [1.29, 1.82) is 0 Å². The maximum absolute atomic E-state index is 12.2. The zero-order chi connectivity index (χ0) is 15.0. The van der Waals surface area contributed by atoms with E-state index in [1.807, 2.05) is 50.2 Å². The van der Waals surface area contributed by atoms with Crippen LogP contribution in [-0.4, -0.2) is 9.97 Å². The summed E-state index contributed by atoms with van der Waals surface area (Å²) in [6.45, 7) is 4.06. The molecule has 2 aromatic carbocycles. The van der Waals surface area contributed by atoms with Crippen LogP contribution < -0.4 is 11.3 Å². The molecule has 0 aliphatic rings. The fourth-order valence-electron chi connectivity index (χ4n) is 2.38. The first-order chi connectivity index (χ1) is 10.0. The number of nitrogen functional groups attached to an aromatic ring is 1. The topological polar surface area (TPSA) is 71.8 Å². The molecule has 0 aliphatic heterocycles. The summed E-state index contributed by atoms with van der Waals surface area (Å²) in [5, 5.41) is 0. The van der Waals surface area contributed by atoms with Crippen LogP contribution in [0.3, 0.4) is 0 Å². The van der Waals surface area contributed by atoms with Gasteiger partial charge in [0, 0.05) is 12.1 Å². The molecule has 0 saturated carbocycles. The third kappa shape index (κ3) is 2.52. The molecule has 1 heterocycles. The van der Waals surface area contributed by atoms with Gasteiger partial charge in [0.2, 0.25) is 0 Å². The normalized spacial score (nSPS) is 11.0. The fourth-order valence-corrected chi connectivity index (χ4v) is 2.38. The van der Waals surface area contributed by atoms with Gasteiger partial charge in [-0.05, 0) is 48.7 Å². The van der Waals surface area contributed by atoms with E-state index in [-0.39, 0.29) is 5.56 Å². The Morgan fingerprint density at radius 2 is 1.86 bits per heavy atom. The van der Waals surface area contributed by atoms with Crippen LogP contribution in [0.15, 0.2) is 41.2 Å². The number of rotatable bonds is 2. The summed E-state index contributed by atoms with van der Waals surface area (Å²) in [6.07, 6.45) is 0.435. The van der Waals surface area contributed by atoms with Crippen molar-refractivity contribution in [2.24, 2.45) is 0 Å². The van der Waals surface area contributed by atoms with Crippen molar-refractivity contribution in [3.05, 3.63) is 69.1 Å². The number of hydrogen-bond donors (Lipinski definition) is 2. The molecule has 4 heteroatoms. The lowest BCUT2D eigenvalue weighted by atomic mass is 10.1. The second-order valence-corrected chi connectivity index (χ2v) is 5.34. The highest BCUT2D eigenvalue weighted by Gasteiger charge is 2.08. The van der Waals surface area contributed by atoms with Crippen molar-refractivity contribution in [2.75, 3.05) is 5.73 Å². The van der Waals surface area contributed by atoms with Gasteiger partial charge >= 0.3 is 0 Å². The van der Waals surface area contributed by atoms with Crippen molar-refractivity contribution in [3.63, 3.8) is 0 Å². The van der Waals surface area contributed by atoms with Gasteiger partial charge in [0.15, 0.2) is 0 Å². The van der Waals surface area contributed by atoms with Crippen molar-refractivity contribution >= 4 is 16.7 Å². The van der Waals surface area contributed by atoms with Crippen LogP contribution in [-0.2, 0) is 6.42 Å². The summed E-state index contributed by atoms with van der Waals surface area (Å²) in [5.74, 6) is 0. The Balaban J connectivity index is 2.11. The lowest BCUT2D eigenvalue weighted by Crippen LogP contribution is -2.16. The van der Waals surface area contributed by atoms with Gasteiger partial charge in [0.05, 0.1) is 11.0 Å². The monoisotopic (exact) mass is 279 g/mol. The molecule has 106 valence electrons. The molecule has 4 nitrogen and oxygen atoms in total. The van der Waals surface area contributed by atoms with E-state index in [4.69, 9.17) is 5.73 Å². The van der Waals surface area contributed by atoms with Crippen LogP contribution in [0.2, 0.25) is 0 Å². The van der Waals surface area contributed by atoms with Crippen molar-refractivity contribution in [3.8, 4) is 0 Å². The molecule has 0 spiro atoms. The van der Waals surface area contributed by atoms with Crippen molar-refractivity contribution in [2.45, 2.75) is 20.3 Å². The molecule has 1 aromatic heterocycles. The lowest BCUT2D eigenvalue weighted by molar-refractivity contribution is 1.03. The maximum Gasteiger partial charge on any atom is 0.270 e. The Morgan fingerprint density at radius 3 is 2.62 bits per heavy atom. The van der Waals surface area contributed by atoms with Gasteiger partial charge < -0.3 is 10.7 Å². The van der Waals surface area contributed by atoms with Crippen LogP contribution >= 0.6 is 0 Å². The third-order valence-electron chi connectivity index (χ3n) is 3.79. The Kier molecular flexibility index (Phi) is 3.22. The van der Waals surface area contributed by atoms with Gasteiger partial charge in [-0.25, -0.2) is 4.98 Å². The van der Waals surface area contributed by atoms with Crippen LogP contribution in [0.4, 0.5) is 5.69 Å². The number of nitrogens with two attached hydrogens (primary N) is 1. The minimum atomic E-state index is -0.158. The molecule has 21 heavy (non-hydrogen) atoms. The smallest absolute Gasteiger partial charge is 0.270 e. The van der Waals surface area contributed by atoms with Gasteiger partial charge in [-0.2, -0.15) is 0 Å². The van der Waals surface area contributed by atoms with E-state index in [0.717, 1.165) is 27.7 Å². The molecular formula is C17H17N3O. The summed E-state index contributed by atoms with van der Waals surface area (Å²) in [6, 6.07) is 11.5. The minimum Gasteiger partial charge on any atom is -0.398 e. The van der Waals surface area contributed by atoms with E-state index < -0.39 is 0 Å². The summed E-state index contributed by atoms with van der Waals surface area (Å²) in [7, 11) is 0. The van der Waals surface area contributed by atoms with Crippen molar-refractivity contribution in [1.82, 2.24) is 9.97 Å². The molecule has 0 bridgehead atoms. The van der Waals surface area contributed by atoms with E-state index >= 15 is 0 Å². The molecule has 0 unspecified atom stereocenters. The van der Waals surface area contributed by atoms with E-state index in [1.54, 1.807) is 0 Å². The van der Waals surface area contributed by atoms with Gasteiger partial charge in [0.1, 0.15) is 5.69 Å². The number of anilines is 1. The van der Waals surface area contributed by atoms with Crippen LogP contribution in [0, 0.1) is 13.8 Å². The number of H-pyrrole nitrogens is 1. The molecule has 3 aromatic rings. The Morgan fingerprint density at radius 1 is 1.14 bits per heavy atom. The Hall–Kier alpha value is -2.62. The third-order valence-corrected chi connectivity index (χ3v) is 3.79. The molecular weight excluding hydrogens is 262 g/mol. The quantitative estimate of drug-likeness (QED) is 0.708. The highest BCUT2D eigenvalue weighted by Crippen LogP contribution is 2.17. The number of fused-ring (bicyclic) bond motifs is 1. The molecule has 0 aliphatic carbocycles. The first kappa shape index (κ1) is 13.4. The first-order valence-corrected chi connectivity index (χ1v) is 6.88. The Bertz CT molecular complexity index is 881. The average Bonchev–Trinajstić information content (AvgIpc) is 2.44. The maximum atomic E-state index is 12.2. The second-order valence-electron chi connectivity index (χ2n) is 5.34. The molecule has 0 saturated heterocycles. The van der Waals surface area contributed by atoms with E-state index in [1.165, 1.54) is 0 Å². The summed E-state index contributed by atoms with van der Waals surface area (Å²) < 4.78 is 0. The van der Waals surface area contributed by atoms with E-state index in [2.05, 4.69) is 9.97 Å². The standard InChI is InChI=1S/C17H17N3O/c1-10-7-14-15(8-11(10)2)20-17(21)16(19-14)9-12-5-3-4-6-13(12)18/h3-8H,9,18H2,1-2H3,(H,20,21). The number of nitrogens with one attached hydrogen (secondary N) is 1. The molecule has 0 amide bonds. The van der Waals surface area contributed by atoms with Gasteiger partial charge in [0.25, 0.3) is 5.56 Å². The fraction of sp³-hybridized carbons (Fsp3) is 0.176. The molecule has 0 atom stereocenters. The molecule has 3 rings (SSSR count). The Labute approximate surface area is 122 Å². The number of hydrogen-bond acceptors (Lipinski definition) is 3. The zero-order valence-electron chi connectivity index (χ0n) is 12.1. The highest BCUT2D eigenvalue weighted by atomic mass is 16.1. The van der Waals surface area contributed by atoms with Gasteiger partial charge in [-0.15, -0.1) is 0 Å². The molecule has 0 radical (unpaired) electrons. The molecule has 3 N–H and O–H groups in total. The second kappa shape index (κ2) is 5.05. The summed E-state index contributed by atoms with van der Waals surface area (Å²) in [4.78, 5) is 19.6. The number of benzene rings is 2. The number of aromatic amines is 1. The average molecular weight is 279 g/mol. The number of aryl methyl sites for hydroxylation is 2. The van der Waals surface area contributed by atoms with Gasteiger partial charge in [-0.1, -0.05) is 18.2 Å². The van der Waals surface area contributed by atoms with Crippen LogP contribution in [0.5, 0.6) is 0 Å². The largest absolute Gasteiger partial charge is 0.398 e. The number of nitrogens with zero attached hydrogens (tertiary/aromatic N) is 1. The first-order valence-electron chi connectivity index (χ1n) is 6.88. The predicted molar refractivity (Wildman–Crippen MR) is 85.5 cm³/mol. The SMILES string of the molecule is Cc1cc2nc(Cc3ccccc3N)c(=O)[nH]c2cc1C. The van der Waals surface area contributed by atoms with E-state index in [0.29, 0.717) is 17.8 Å². The summed E-state index contributed by atoms with van der Waals surface area (Å²) >= 11 is 0. The van der Waals surface area contributed by atoms with Crippen LogP contribution in [0.25, 0.3) is 11.0 Å². The summed E-state index contributed by atoms with van der Waals surface area (Å²) in [5.41, 5.74) is 11.7. The zero-order valence-corrected chi connectivity index (χ0v) is 12.1. The van der Waals surface area contributed by atoms with E-state index in [9.17, 15) is 4.79 Å². The van der Waals surface area contributed by atoms with Crippen LogP contribution in [0.1, 0.15) is 22.4 Å². The van der Waals surface area contributed by atoms with Gasteiger partial charge in [-0.3, -0.25) is 4.79 Å². The minimum absolute atomic E-state index is 0.158. The highest BCUT2D eigenvalue weighted by molar-refractivity contribution is 5.76. The lowest BCUT2D eigenvalue weighted by Gasteiger charge is -2.07. The number of para-hydroxylation sites is 1.